The third kappa shape index (κ3) is 4.64. The van der Waals surface area contributed by atoms with Crippen molar-refractivity contribution in [2.75, 3.05) is 6.61 Å². The minimum atomic E-state index is -1.99. The predicted molar refractivity (Wildman–Crippen MR) is 85.3 cm³/mol. The summed E-state index contributed by atoms with van der Waals surface area (Å²) in [6.45, 7) is 12.7. The number of carbonyl (C=O) groups excluding carboxylic acids is 1. The molecule has 1 atom stereocenters. The SMILES string of the molecule is CCOC(=O)/C(F)=C1/CCCCC1O[Si](C)(C)C(C)(C)C. The highest BCUT2D eigenvalue weighted by atomic mass is 28.4. The van der Waals surface area contributed by atoms with Gasteiger partial charge >= 0.3 is 5.97 Å². The number of esters is 1. The molecular formula is C16H29FO3Si. The van der Waals surface area contributed by atoms with E-state index < -0.39 is 20.1 Å². The summed E-state index contributed by atoms with van der Waals surface area (Å²) in [6, 6.07) is 0. The lowest BCUT2D eigenvalue weighted by Crippen LogP contribution is -2.45. The first-order chi connectivity index (χ1) is 9.60. The zero-order chi connectivity index (χ0) is 16.3. The first-order valence-electron chi connectivity index (χ1n) is 7.83. The maximum Gasteiger partial charge on any atom is 0.367 e. The van der Waals surface area contributed by atoms with Crippen LogP contribution in [0.1, 0.15) is 53.4 Å². The maximum atomic E-state index is 14.3. The van der Waals surface area contributed by atoms with E-state index in [1.807, 2.05) is 0 Å². The Bertz CT molecular complexity index is 410. The largest absolute Gasteiger partial charge is 0.461 e. The average Bonchev–Trinajstić information content (AvgIpc) is 2.37. The molecule has 1 fully saturated rings. The lowest BCUT2D eigenvalue weighted by atomic mass is 9.91. The Hall–Kier alpha value is -0.683. The van der Waals surface area contributed by atoms with Crippen LogP contribution in [-0.4, -0.2) is 27.0 Å². The van der Waals surface area contributed by atoms with Gasteiger partial charge in [0.2, 0.25) is 5.83 Å². The van der Waals surface area contributed by atoms with Crippen molar-refractivity contribution in [1.82, 2.24) is 0 Å². The van der Waals surface area contributed by atoms with Gasteiger partial charge in [-0.3, -0.25) is 0 Å². The predicted octanol–water partition coefficient (Wildman–Crippen LogP) is 4.74. The van der Waals surface area contributed by atoms with Crippen LogP contribution in [0, 0.1) is 0 Å². The summed E-state index contributed by atoms with van der Waals surface area (Å²) in [5.41, 5.74) is 0.504. The second-order valence-electron chi connectivity index (χ2n) is 7.17. The van der Waals surface area contributed by atoms with E-state index in [-0.39, 0.29) is 17.7 Å². The molecule has 21 heavy (non-hydrogen) atoms. The van der Waals surface area contributed by atoms with Crippen molar-refractivity contribution in [2.24, 2.45) is 0 Å². The van der Waals surface area contributed by atoms with Crippen molar-refractivity contribution in [3.63, 3.8) is 0 Å². The lowest BCUT2D eigenvalue weighted by molar-refractivity contribution is -0.140. The van der Waals surface area contributed by atoms with Crippen molar-refractivity contribution >= 4 is 14.3 Å². The van der Waals surface area contributed by atoms with E-state index in [1.54, 1.807) is 6.92 Å². The fourth-order valence-electron chi connectivity index (χ4n) is 2.22. The number of hydrogen-bond donors (Lipinski definition) is 0. The minimum Gasteiger partial charge on any atom is -0.461 e. The van der Waals surface area contributed by atoms with Gasteiger partial charge in [0.25, 0.3) is 0 Å². The Morgan fingerprint density at radius 2 is 1.95 bits per heavy atom. The zero-order valence-electron chi connectivity index (χ0n) is 14.2. The quantitative estimate of drug-likeness (QED) is 0.427. The first kappa shape index (κ1) is 18.4. The van der Waals surface area contributed by atoms with Gasteiger partial charge in [0, 0.05) is 5.57 Å². The topological polar surface area (TPSA) is 35.5 Å². The summed E-state index contributed by atoms with van der Waals surface area (Å²) in [6.07, 6.45) is 3.01. The normalized spacial score (nSPS) is 22.9. The number of ether oxygens (including phenoxy) is 1. The van der Waals surface area contributed by atoms with Crippen molar-refractivity contribution in [2.45, 2.75) is 77.6 Å². The molecular weight excluding hydrogens is 287 g/mol. The van der Waals surface area contributed by atoms with Crippen LogP contribution in [0.15, 0.2) is 11.4 Å². The Morgan fingerprint density at radius 1 is 1.33 bits per heavy atom. The van der Waals surface area contributed by atoms with Crippen LogP contribution in [0.5, 0.6) is 0 Å². The maximum absolute atomic E-state index is 14.3. The molecule has 1 aliphatic rings. The molecule has 0 N–H and O–H groups in total. The van der Waals surface area contributed by atoms with Crippen LogP contribution in [0.4, 0.5) is 4.39 Å². The molecule has 0 radical (unpaired) electrons. The van der Waals surface area contributed by atoms with E-state index >= 15 is 0 Å². The molecule has 0 saturated heterocycles. The molecule has 0 aromatic heterocycles. The van der Waals surface area contributed by atoms with Crippen LogP contribution < -0.4 is 0 Å². The number of carbonyl (C=O) groups is 1. The van der Waals surface area contributed by atoms with Crippen molar-refractivity contribution in [3.8, 4) is 0 Å². The lowest BCUT2D eigenvalue weighted by Gasteiger charge is -2.41. The zero-order valence-corrected chi connectivity index (χ0v) is 15.2. The van der Waals surface area contributed by atoms with Gasteiger partial charge in [-0.25, -0.2) is 4.79 Å². The van der Waals surface area contributed by atoms with E-state index in [2.05, 4.69) is 33.9 Å². The highest BCUT2D eigenvalue weighted by molar-refractivity contribution is 6.74. The molecule has 0 spiro atoms. The molecule has 5 heteroatoms. The average molecular weight is 316 g/mol. The summed E-state index contributed by atoms with van der Waals surface area (Å²) in [4.78, 5) is 11.7. The first-order valence-corrected chi connectivity index (χ1v) is 10.7. The van der Waals surface area contributed by atoms with Gasteiger partial charge in [0.15, 0.2) is 8.32 Å². The smallest absolute Gasteiger partial charge is 0.367 e. The molecule has 0 heterocycles. The van der Waals surface area contributed by atoms with Gasteiger partial charge in [-0.1, -0.05) is 27.2 Å². The molecule has 1 aliphatic carbocycles. The van der Waals surface area contributed by atoms with E-state index in [0.717, 1.165) is 19.3 Å². The Kier molecular flexibility index (Phi) is 6.17. The minimum absolute atomic E-state index is 0.0654. The van der Waals surface area contributed by atoms with Gasteiger partial charge in [-0.05, 0) is 44.3 Å². The van der Waals surface area contributed by atoms with Crippen LogP contribution >= 0.6 is 0 Å². The van der Waals surface area contributed by atoms with E-state index in [4.69, 9.17) is 9.16 Å². The number of rotatable bonds is 4. The van der Waals surface area contributed by atoms with Crippen molar-refractivity contribution in [3.05, 3.63) is 11.4 Å². The standard InChI is InChI=1S/C16H29FO3Si/c1-7-19-15(18)14(17)12-10-8-9-11-13(12)20-21(5,6)16(2,3)4/h13H,7-11H2,1-6H3/b14-12+. The molecule has 1 saturated carbocycles. The van der Waals surface area contributed by atoms with Gasteiger partial charge in [-0.15, -0.1) is 0 Å². The molecule has 0 bridgehead atoms. The number of hydrogen-bond acceptors (Lipinski definition) is 3. The van der Waals surface area contributed by atoms with Gasteiger partial charge in [0.05, 0.1) is 12.7 Å². The molecule has 0 aromatic rings. The molecule has 0 aliphatic heterocycles. The Morgan fingerprint density at radius 3 is 2.48 bits per heavy atom. The summed E-state index contributed by atoms with van der Waals surface area (Å²) in [7, 11) is -1.99. The molecule has 1 unspecified atom stereocenters. The van der Waals surface area contributed by atoms with E-state index in [1.165, 1.54) is 0 Å². The molecule has 122 valence electrons. The second kappa shape index (κ2) is 7.05. The Labute approximate surface area is 129 Å². The fraction of sp³-hybridized carbons (Fsp3) is 0.812. The monoisotopic (exact) mass is 316 g/mol. The Balaban J connectivity index is 2.98. The molecule has 0 amide bonds. The molecule has 3 nitrogen and oxygen atoms in total. The molecule has 0 aromatic carbocycles. The highest BCUT2D eigenvalue weighted by Gasteiger charge is 2.41. The second-order valence-corrected chi connectivity index (χ2v) is 11.9. The molecule has 1 rings (SSSR count). The number of halogens is 1. The van der Waals surface area contributed by atoms with Crippen molar-refractivity contribution < 1.29 is 18.3 Å². The van der Waals surface area contributed by atoms with Gasteiger partial charge in [0.1, 0.15) is 0 Å². The third-order valence-corrected chi connectivity index (χ3v) is 9.02. The van der Waals surface area contributed by atoms with E-state index in [0.29, 0.717) is 12.0 Å². The van der Waals surface area contributed by atoms with E-state index in [9.17, 15) is 9.18 Å². The van der Waals surface area contributed by atoms with Crippen LogP contribution in [0.25, 0.3) is 0 Å². The van der Waals surface area contributed by atoms with Crippen LogP contribution in [-0.2, 0) is 14.0 Å². The third-order valence-electron chi connectivity index (χ3n) is 4.53. The van der Waals surface area contributed by atoms with Gasteiger partial charge < -0.3 is 9.16 Å². The summed E-state index contributed by atoms with van der Waals surface area (Å²) >= 11 is 0. The van der Waals surface area contributed by atoms with Gasteiger partial charge in [-0.2, -0.15) is 4.39 Å². The summed E-state index contributed by atoms with van der Waals surface area (Å²) < 4.78 is 25.5. The summed E-state index contributed by atoms with van der Waals surface area (Å²) in [5, 5.41) is 0.0654. The van der Waals surface area contributed by atoms with Crippen LogP contribution in [0.2, 0.25) is 18.1 Å². The van der Waals surface area contributed by atoms with Crippen molar-refractivity contribution in [1.29, 1.82) is 0 Å². The fourth-order valence-corrected chi connectivity index (χ4v) is 3.54. The highest BCUT2D eigenvalue weighted by Crippen LogP contribution is 2.40. The summed E-state index contributed by atoms with van der Waals surface area (Å²) in [5.74, 6) is -1.58. The van der Waals surface area contributed by atoms with Crippen LogP contribution in [0.3, 0.4) is 0 Å².